The van der Waals surface area contributed by atoms with Gasteiger partial charge in [-0.05, 0) is 51.4 Å². The lowest BCUT2D eigenvalue weighted by atomic mass is 10.1. The minimum atomic E-state index is 0.668. The Morgan fingerprint density at radius 1 is 1.29 bits per heavy atom. The van der Waals surface area contributed by atoms with Crippen LogP contribution in [0.3, 0.4) is 0 Å². The highest BCUT2D eigenvalue weighted by atomic mass is 15.2. The highest BCUT2D eigenvalue weighted by Gasteiger charge is 2.23. The third kappa shape index (κ3) is 3.57. The van der Waals surface area contributed by atoms with E-state index < -0.39 is 0 Å². The summed E-state index contributed by atoms with van der Waals surface area (Å²) in [5.41, 5.74) is 2.96. The third-order valence-electron chi connectivity index (χ3n) is 4.29. The maximum Gasteiger partial charge on any atom is 0.0890 e. The van der Waals surface area contributed by atoms with Gasteiger partial charge in [-0.3, -0.25) is 4.98 Å². The zero-order chi connectivity index (χ0) is 14.7. The lowest BCUT2D eigenvalue weighted by Gasteiger charge is -2.20. The molecule has 0 bridgehead atoms. The highest BCUT2D eigenvalue weighted by Crippen LogP contribution is 2.17. The zero-order valence-electron chi connectivity index (χ0n) is 12.9. The van der Waals surface area contributed by atoms with E-state index in [0.717, 1.165) is 35.7 Å². The molecular formula is C17H24N4. The summed E-state index contributed by atoms with van der Waals surface area (Å²) in [5.74, 6) is 0.765. The van der Waals surface area contributed by atoms with Gasteiger partial charge in [0, 0.05) is 19.1 Å². The van der Waals surface area contributed by atoms with Crippen molar-refractivity contribution in [1.82, 2.24) is 20.2 Å². The number of para-hydroxylation sites is 2. The molecule has 21 heavy (non-hydrogen) atoms. The fraction of sp³-hybridized carbons (Fsp3) is 0.529. The first-order valence-corrected chi connectivity index (χ1v) is 7.88. The van der Waals surface area contributed by atoms with E-state index in [9.17, 15) is 0 Å². The molecule has 1 aliphatic heterocycles. The monoisotopic (exact) mass is 284 g/mol. The van der Waals surface area contributed by atoms with Gasteiger partial charge in [0.1, 0.15) is 0 Å². The highest BCUT2D eigenvalue weighted by molar-refractivity contribution is 5.73. The van der Waals surface area contributed by atoms with Crippen LogP contribution < -0.4 is 5.32 Å². The van der Waals surface area contributed by atoms with Gasteiger partial charge in [-0.15, -0.1) is 0 Å². The van der Waals surface area contributed by atoms with Crippen LogP contribution in [0.5, 0.6) is 0 Å². The summed E-state index contributed by atoms with van der Waals surface area (Å²) in [6, 6.07) is 8.69. The summed E-state index contributed by atoms with van der Waals surface area (Å²) >= 11 is 0. The molecule has 1 saturated heterocycles. The van der Waals surface area contributed by atoms with Gasteiger partial charge in [0.15, 0.2) is 0 Å². The molecular weight excluding hydrogens is 260 g/mol. The zero-order valence-corrected chi connectivity index (χ0v) is 12.9. The first-order valence-electron chi connectivity index (χ1n) is 7.88. The Balaban J connectivity index is 1.51. The second-order valence-corrected chi connectivity index (χ2v) is 6.22. The molecule has 4 nitrogen and oxygen atoms in total. The van der Waals surface area contributed by atoms with Gasteiger partial charge < -0.3 is 10.2 Å². The van der Waals surface area contributed by atoms with Gasteiger partial charge >= 0.3 is 0 Å². The van der Waals surface area contributed by atoms with Crippen LogP contribution in [-0.4, -0.2) is 40.5 Å². The van der Waals surface area contributed by atoms with E-state index in [1.54, 1.807) is 0 Å². The molecule has 3 rings (SSSR count). The fourth-order valence-corrected chi connectivity index (χ4v) is 2.98. The molecule has 1 unspecified atom stereocenters. The van der Waals surface area contributed by atoms with Crippen molar-refractivity contribution in [2.75, 3.05) is 19.6 Å². The van der Waals surface area contributed by atoms with E-state index in [2.05, 4.69) is 34.0 Å². The summed E-state index contributed by atoms with van der Waals surface area (Å²) in [6.07, 6.45) is 3.18. The number of fused-ring (bicyclic) bond motifs is 1. The SMILES string of the molecule is CC(C)N1CCC(CNCc2cnc3ccccc3n2)C1. The van der Waals surface area contributed by atoms with Crippen LogP contribution in [0.15, 0.2) is 30.5 Å². The molecule has 1 aliphatic rings. The van der Waals surface area contributed by atoms with Crippen LogP contribution in [0.2, 0.25) is 0 Å². The third-order valence-corrected chi connectivity index (χ3v) is 4.29. The van der Waals surface area contributed by atoms with Gasteiger partial charge in [0.2, 0.25) is 0 Å². The van der Waals surface area contributed by atoms with E-state index >= 15 is 0 Å². The average Bonchev–Trinajstić information content (AvgIpc) is 2.96. The van der Waals surface area contributed by atoms with Crippen LogP contribution in [0.4, 0.5) is 0 Å². The summed E-state index contributed by atoms with van der Waals surface area (Å²) in [7, 11) is 0. The maximum absolute atomic E-state index is 4.65. The molecule has 1 aromatic heterocycles. The van der Waals surface area contributed by atoms with Crippen molar-refractivity contribution in [2.24, 2.45) is 5.92 Å². The van der Waals surface area contributed by atoms with Crippen LogP contribution in [-0.2, 0) is 6.54 Å². The minimum Gasteiger partial charge on any atom is -0.311 e. The van der Waals surface area contributed by atoms with E-state index in [1.807, 2.05) is 30.5 Å². The Labute approximate surface area is 126 Å². The second kappa shape index (κ2) is 6.50. The van der Waals surface area contributed by atoms with Gasteiger partial charge in [-0.1, -0.05) is 12.1 Å². The van der Waals surface area contributed by atoms with Crippen LogP contribution in [0.1, 0.15) is 26.0 Å². The van der Waals surface area contributed by atoms with Crippen molar-refractivity contribution >= 4 is 11.0 Å². The molecule has 0 radical (unpaired) electrons. The van der Waals surface area contributed by atoms with Crippen molar-refractivity contribution in [1.29, 1.82) is 0 Å². The Bertz CT molecular complexity index is 596. The standard InChI is InChI=1S/C17H24N4/c1-13(2)21-8-7-14(12-21)9-18-10-15-11-19-16-5-3-4-6-17(16)20-15/h3-6,11,13-14,18H,7-10,12H2,1-2H3. The van der Waals surface area contributed by atoms with Crippen molar-refractivity contribution in [3.63, 3.8) is 0 Å². The number of rotatable bonds is 5. The molecule has 0 saturated carbocycles. The van der Waals surface area contributed by atoms with E-state index in [1.165, 1.54) is 19.5 Å². The number of nitrogens with zero attached hydrogens (tertiary/aromatic N) is 3. The number of aromatic nitrogens is 2. The van der Waals surface area contributed by atoms with Crippen molar-refractivity contribution in [3.8, 4) is 0 Å². The molecule has 2 heterocycles. The Morgan fingerprint density at radius 3 is 2.86 bits per heavy atom. The van der Waals surface area contributed by atoms with Gasteiger partial charge in [-0.25, -0.2) is 4.98 Å². The van der Waals surface area contributed by atoms with Crippen molar-refractivity contribution < 1.29 is 0 Å². The lowest BCUT2D eigenvalue weighted by molar-refractivity contribution is 0.264. The predicted molar refractivity (Wildman–Crippen MR) is 86.1 cm³/mol. The number of hydrogen-bond donors (Lipinski definition) is 1. The normalized spacial score (nSPS) is 19.7. The van der Waals surface area contributed by atoms with Gasteiger partial charge in [-0.2, -0.15) is 0 Å². The van der Waals surface area contributed by atoms with Crippen molar-refractivity contribution in [3.05, 3.63) is 36.2 Å². The largest absolute Gasteiger partial charge is 0.311 e. The molecule has 1 N–H and O–H groups in total. The smallest absolute Gasteiger partial charge is 0.0890 e. The summed E-state index contributed by atoms with van der Waals surface area (Å²) < 4.78 is 0. The van der Waals surface area contributed by atoms with E-state index in [4.69, 9.17) is 0 Å². The van der Waals surface area contributed by atoms with Crippen LogP contribution >= 0.6 is 0 Å². The molecule has 0 aliphatic carbocycles. The number of nitrogens with one attached hydrogen (secondary N) is 1. The summed E-state index contributed by atoms with van der Waals surface area (Å²) in [5, 5.41) is 3.54. The van der Waals surface area contributed by atoms with Gasteiger partial charge in [0.25, 0.3) is 0 Å². The minimum absolute atomic E-state index is 0.668. The molecule has 1 atom stereocenters. The predicted octanol–water partition coefficient (Wildman–Crippen LogP) is 2.45. The first-order chi connectivity index (χ1) is 10.2. The number of likely N-dealkylation sites (tertiary alicyclic amines) is 1. The fourth-order valence-electron chi connectivity index (χ4n) is 2.98. The molecule has 0 spiro atoms. The lowest BCUT2D eigenvalue weighted by Crippen LogP contribution is -2.30. The maximum atomic E-state index is 4.65. The second-order valence-electron chi connectivity index (χ2n) is 6.22. The number of hydrogen-bond acceptors (Lipinski definition) is 4. The quantitative estimate of drug-likeness (QED) is 0.915. The Morgan fingerprint density at radius 2 is 2.10 bits per heavy atom. The number of benzene rings is 1. The molecule has 4 heteroatoms. The average molecular weight is 284 g/mol. The molecule has 1 aromatic carbocycles. The topological polar surface area (TPSA) is 41.0 Å². The first kappa shape index (κ1) is 14.4. The molecule has 0 amide bonds. The van der Waals surface area contributed by atoms with Crippen molar-refractivity contribution in [2.45, 2.75) is 32.9 Å². The Kier molecular flexibility index (Phi) is 4.46. The Hall–Kier alpha value is -1.52. The van der Waals surface area contributed by atoms with Gasteiger partial charge in [0.05, 0.1) is 22.9 Å². The van der Waals surface area contributed by atoms with E-state index in [-0.39, 0.29) is 0 Å². The summed E-state index contributed by atoms with van der Waals surface area (Å²) in [6.45, 7) is 8.88. The molecule has 2 aromatic rings. The van der Waals surface area contributed by atoms with Crippen LogP contribution in [0.25, 0.3) is 11.0 Å². The van der Waals surface area contributed by atoms with Crippen LogP contribution in [0, 0.1) is 5.92 Å². The molecule has 112 valence electrons. The summed E-state index contributed by atoms with van der Waals surface area (Å²) in [4.78, 5) is 11.7. The van der Waals surface area contributed by atoms with E-state index in [0.29, 0.717) is 6.04 Å². The molecule has 1 fully saturated rings.